The van der Waals surface area contributed by atoms with Crippen LogP contribution in [0.15, 0.2) is 24.3 Å². The Morgan fingerprint density at radius 3 is 2.81 bits per heavy atom. The summed E-state index contributed by atoms with van der Waals surface area (Å²) < 4.78 is 2.18. The number of nitrogens with two attached hydrogens (primary N) is 1. The third-order valence-corrected chi connectivity index (χ3v) is 3.14. The molecular formula is C13H19N3. The van der Waals surface area contributed by atoms with E-state index in [-0.39, 0.29) is 0 Å². The number of aryl methyl sites for hydroxylation is 2. The summed E-state index contributed by atoms with van der Waals surface area (Å²) in [6, 6.07) is 8.25. The summed E-state index contributed by atoms with van der Waals surface area (Å²) in [5.74, 6) is 1.72. The van der Waals surface area contributed by atoms with Gasteiger partial charge in [0.15, 0.2) is 0 Å². The standard InChI is InChI=1S/C13H19N3/c1-10(9-14)7-8-13-15-11-5-3-4-6-12(11)16(13)2/h3-6,10H,7-9,14H2,1-2H3. The number of rotatable bonds is 4. The molecular weight excluding hydrogens is 198 g/mol. The third kappa shape index (κ3) is 2.09. The fourth-order valence-corrected chi connectivity index (χ4v) is 1.91. The number of fused-ring (bicyclic) bond motifs is 1. The van der Waals surface area contributed by atoms with Gasteiger partial charge in [-0.2, -0.15) is 0 Å². The van der Waals surface area contributed by atoms with Gasteiger partial charge < -0.3 is 10.3 Å². The first-order valence-corrected chi connectivity index (χ1v) is 5.82. The number of hydrogen-bond donors (Lipinski definition) is 1. The molecule has 86 valence electrons. The molecule has 3 heteroatoms. The van der Waals surface area contributed by atoms with Gasteiger partial charge in [0.1, 0.15) is 5.82 Å². The van der Waals surface area contributed by atoms with Crippen molar-refractivity contribution in [3.8, 4) is 0 Å². The molecule has 0 aliphatic rings. The maximum atomic E-state index is 5.62. The van der Waals surface area contributed by atoms with Crippen molar-refractivity contribution in [3.63, 3.8) is 0 Å². The van der Waals surface area contributed by atoms with E-state index < -0.39 is 0 Å². The van der Waals surface area contributed by atoms with Crippen molar-refractivity contribution in [1.82, 2.24) is 9.55 Å². The summed E-state index contributed by atoms with van der Waals surface area (Å²) in [6.45, 7) is 2.94. The van der Waals surface area contributed by atoms with Crippen LogP contribution in [0.1, 0.15) is 19.2 Å². The molecule has 1 heterocycles. The lowest BCUT2D eigenvalue weighted by Gasteiger charge is -2.07. The first-order chi connectivity index (χ1) is 7.72. The van der Waals surface area contributed by atoms with E-state index in [9.17, 15) is 0 Å². The molecule has 1 aromatic heterocycles. The molecule has 0 aliphatic carbocycles. The van der Waals surface area contributed by atoms with Crippen LogP contribution in [0.2, 0.25) is 0 Å². The Bertz CT molecular complexity index is 473. The van der Waals surface area contributed by atoms with Crippen molar-refractivity contribution in [2.24, 2.45) is 18.7 Å². The van der Waals surface area contributed by atoms with Gasteiger partial charge in [0.05, 0.1) is 11.0 Å². The minimum Gasteiger partial charge on any atom is -0.331 e. The highest BCUT2D eigenvalue weighted by atomic mass is 15.1. The molecule has 16 heavy (non-hydrogen) atoms. The van der Waals surface area contributed by atoms with Crippen LogP contribution in [0.25, 0.3) is 11.0 Å². The Hall–Kier alpha value is -1.35. The van der Waals surface area contributed by atoms with Crippen LogP contribution in [0.4, 0.5) is 0 Å². The van der Waals surface area contributed by atoms with Crippen molar-refractivity contribution in [2.75, 3.05) is 6.54 Å². The van der Waals surface area contributed by atoms with Gasteiger partial charge in [0, 0.05) is 13.5 Å². The molecule has 0 saturated heterocycles. The fraction of sp³-hybridized carbons (Fsp3) is 0.462. The average molecular weight is 217 g/mol. The Morgan fingerprint density at radius 2 is 2.12 bits per heavy atom. The lowest BCUT2D eigenvalue weighted by atomic mass is 10.1. The molecule has 0 saturated carbocycles. The Labute approximate surface area is 96.3 Å². The molecule has 1 atom stereocenters. The fourth-order valence-electron chi connectivity index (χ4n) is 1.91. The highest BCUT2D eigenvalue weighted by molar-refractivity contribution is 5.75. The molecule has 2 rings (SSSR count). The van der Waals surface area contributed by atoms with Gasteiger partial charge in [0.2, 0.25) is 0 Å². The predicted molar refractivity (Wildman–Crippen MR) is 67.3 cm³/mol. The summed E-state index contributed by atoms with van der Waals surface area (Å²) in [5, 5.41) is 0. The molecule has 0 amide bonds. The Balaban J connectivity index is 2.21. The van der Waals surface area contributed by atoms with Crippen molar-refractivity contribution in [2.45, 2.75) is 19.8 Å². The zero-order valence-corrected chi connectivity index (χ0v) is 9.98. The summed E-state index contributed by atoms with van der Waals surface area (Å²) in [5.41, 5.74) is 7.91. The predicted octanol–water partition coefficient (Wildman–Crippen LogP) is 2.10. The topological polar surface area (TPSA) is 43.8 Å². The maximum absolute atomic E-state index is 5.62. The molecule has 1 aromatic carbocycles. The second-order valence-electron chi connectivity index (χ2n) is 4.46. The van der Waals surface area contributed by atoms with Gasteiger partial charge in [0.25, 0.3) is 0 Å². The number of hydrogen-bond acceptors (Lipinski definition) is 2. The quantitative estimate of drug-likeness (QED) is 0.852. The lowest BCUT2D eigenvalue weighted by molar-refractivity contribution is 0.531. The molecule has 1 unspecified atom stereocenters. The third-order valence-electron chi connectivity index (χ3n) is 3.14. The van der Waals surface area contributed by atoms with Crippen molar-refractivity contribution in [3.05, 3.63) is 30.1 Å². The molecule has 0 radical (unpaired) electrons. The summed E-state index contributed by atoms with van der Waals surface area (Å²) in [4.78, 5) is 4.64. The summed E-state index contributed by atoms with van der Waals surface area (Å²) in [6.07, 6.45) is 2.11. The zero-order chi connectivity index (χ0) is 11.5. The summed E-state index contributed by atoms with van der Waals surface area (Å²) >= 11 is 0. The smallest absolute Gasteiger partial charge is 0.109 e. The van der Waals surface area contributed by atoms with Gasteiger partial charge in [-0.25, -0.2) is 4.98 Å². The largest absolute Gasteiger partial charge is 0.331 e. The molecule has 3 nitrogen and oxygen atoms in total. The van der Waals surface area contributed by atoms with Crippen LogP contribution >= 0.6 is 0 Å². The highest BCUT2D eigenvalue weighted by Crippen LogP contribution is 2.16. The lowest BCUT2D eigenvalue weighted by Crippen LogP contribution is -2.12. The van der Waals surface area contributed by atoms with Crippen molar-refractivity contribution >= 4 is 11.0 Å². The van der Waals surface area contributed by atoms with E-state index in [0.717, 1.165) is 30.7 Å². The van der Waals surface area contributed by atoms with Gasteiger partial charge in [-0.1, -0.05) is 19.1 Å². The molecule has 2 N–H and O–H groups in total. The number of para-hydroxylation sites is 2. The van der Waals surface area contributed by atoms with E-state index in [1.54, 1.807) is 0 Å². The average Bonchev–Trinajstić information content (AvgIpc) is 2.64. The minimum atomic E-state index is 0.569. The molecule has 0 spiro atoms. The first-order valence-electron chi connectivity index (χ1n) is 5.82. The number of nitrogens with zero attached hydrogens (tertiary/aromatic N) is 2. The van der Waals surface area contributed by atoms with Crippen molar-refractivity contribution < 1.29 is 0 Å². The van der Waals surface area contributed by atoms with E-state index in [0.29, 0.717) is 5.92 Å². The van der Waals surface area contributed by atoms with Gasteiger partial charge in [-0.05, 0) is 31.0 Å². The van der Waals surface area contributed by atoms with Crippen LogP contribution in [-0.2, 0) is 13.5 Å². The highest BCUT2D eigenvalue weighted by Gasteiger charge is 2.08. The number of imidazole rings is 1. The Morgan fingerprint density at radius 1 is 1.38 bits per heavy atom. The Kier molecular flexibility index (Phi) is 3.25. The van der Waals surface area contributed by atoms with Gasteiger partial charge >= 0.3 is 0 Å². The summed E-state index contributed by atoms with van der Waals surface area (Å²) in [7, 11) is 2.08. The first kappa shape index (κ1) is 11.1. The second kappa shape index (κ2) is 4.66. The van der Waals surface area contributed by atoms with Crippen LogP contribution in [-0.4, -0.2) is 16.1 Å². The van der Waals surface area contributed by atoms with E-state index >= 15 is 0 Å². The molecule has 0 aliphatic heterocycles. The van der Waals surface area contributed by atoms with E-state index in [2.05, 4.69) is 41.7 Å². The van der Waals surface area contributed by atoms with Crippen LogP contribution in [0, 0.1) is 5.92 Å². The zero-order valence-electron chi connectivity index (χ0n) is 9.98. The van der Waals surface area contributed by atoms with Crippen LogP contribution < -0.4 is 5.73 Å². The molecule has 0 fully saturated rings. The van der Waals surface area contributed by atoms with Crippen LogP contribution in [0.3, 0.4) is 0 Å². The van der Waals surface area contributed by atoms with Crippen molar-refractivity contribution in [1.29, 1.82) is 0 Å². The number of aromatic nitrogens is 2. The normalized spacial score (nSPS) is 13.2. The van der Waals surface area contributed by atoms with E-state index in [1.165, 1.54) is 5.52 Å². The second-order valence-corrected chi connectivity index (χ2v) is 4.46. The van der Waals surface area contributed by atoms with Gasteiger partial charge in [-0.15, -0.1) is 0 Å². The van der Waals surface area contributed by atoms with Crippen LogP contribution in [0.5, 0.6) is 0 Å². The molecule has 0 bridgehead atoms. The SMILES string of the molecule is CC(CN)CCc1nc2ccccc2n1C. The van der Waals surface area contributed by atoms with Gasteiger partial charge in [-0.3, -0.25) is 0 Å². The minimum absolute atomic E-state index is 0.569. The molecule has 2 aromatic rings. The maximum Gasteiger partial charge on any atom is 0.109 e. The van der Waals surface area contributed by atoms with E-state index in [1.807, 2.05) is 6.07 Å². The van der Waals surface area contributed by atoms with E-state index in [4.69, 9.17) is 5.73 Å². The number of benzene rings is 1. The monoisotopic (exact) mass is 217 g/mol.